The Bertz CT molecular complexity index is 1160. The molecule has 0 spiro atoms. The van der Waals surface area contributed by atoms with E-state index in [1.807, 2.05) is 0 Å². The largest absolute Gasteiger partial charge is 0.406 e. The van der Waals surface area contributed by atoms with Crippen molar-refractivity contribution in [1.29, 1.82) is 0 Å². The van der Waals surface area contributed by atoms with Crippen LogP contribution in [0.4, 0.5) is 5.69 Å². The highest BCUT2D eigenvalue weighted by atomic mass is 35.5. The van der Waals surface area contributed by atoms with Gasteiger partial charge in [0.15, 0.2) is 11.2 Å². The van der Waals surface area contributed by atoms with E-state index >= 15 is 0 Å². The van der Waals surface area contributed by atoms with E-state index in [2.05, 4.69) is 5.21 Å². The lowest BCUT2D eigenvalue weighted by molar-refractivity contribution is -0.556. The summed E-state index contributed by atoms with van der Waals surface area (Å²) < 4.78 is 2.86. The maximum atomic E-state index is 12.7. The molecular formula is C16H10ClN4O3+. The Hall–Kier alpha value is -3.19. The van der Waals surface area contributed by atoms with E-state index in [0.29, 0.717) is 21.6 Å². The van der Waals surface area contributed by atoms with Gasteiger partial charge in [-0.15, -0.1) is 4.52 Å². The van der Waals surface area contributed by atoms with Crippen molar-refractivity contribution in [3.05, 3.63) is 80.1 Å². The Morgan fingerprint density at radius 1 is 1.08 bits per heavy atom. The lowest BCUT2D eigenvalue weighted by Crippen LogP contribution is -2.26. The maximum absolute atomic E-state index is 12.7. The number of halogens is 1. The van der Waals surface area contributed by atoms with Crippen LogP contribution in [0.15, 0.2) is 59.4 Å². The summed E-state index contributed by atoms with van der Waals surface area (Å²) in [6, 6.07) is 14.8. The highest BCUT2D eigenvalue weighted by Crippen LogP contribution is 2.23. The minimum atomic E-state index is -0.485. The Labute approximate surface area is 139 Å². The third-order valence-corrected chi connectivity index (χ3v) is 4.09. The van der Waals surface area contributed by atoms with Crippen molar-refractivity contribution >= 4 is 33.7 Å². The lowest BCUT2D eigenvalue weighted by Gasteiger charge is -1.97. The normalized spacial score (nSPS) is 11.2. The number of hydrogen-bond acceptors (Lipinski definition) is 3. The van der Waals surface area contributed by atoms with Crippen molar-refractivity contribution in [2.24, 2.45) is 0 Å². The molecule has 0 bridgehead atoms. The molecule has 24 heavy (non-hydrogen) atoms. The molecule has 0 saturated carbocycles. The van der Waals surface area contributed by atoms with Gasteiger partial charge in [0.05, 0.1) is 11.0 Å². The molecule has 0 fully saturated rings. The van der Waals surface area contributed by atoms with Crippen LogP contribution in [-0.4, -0.2) is 14.8 Å². The lowest BCUT2D eigenvalue weighted by atomic mass is 10.2. The van der Waals surface area contributed by atoms with E-state index in [9.17, 15) is 14.9 Å². The molecule has 4 aromatic rings. The third-order valence-electron chi connectivity index (χ3n) is 3.84. The minimum Gasteiger partial charge on any atom is -0.258 e. The SMILES string of the molecule is O=c1c2cc([N+](=O)[O-])c3ccccc3[n+]2[nH]n1-c1ccc(Cl)cc1. The molecule has 2 heterocycles. The number of nitrogens with zero attached hydrogens (tertiary/aromatic N) is 3. The minimum absolute atomic E-state index is 0.107. The van der Waals surface area contributed by atoms with Gasteiger partial charge in [-0.25, -0.2) is 4.79 Å². The third kappa shape index (κ3) is 2.06. The molecule has 0 radical (unpaired) electrons. The van der Waals surface area contributed by atoms with Gasteiger partial charge < -0.3 is 0 Å². The number of nitro groups is 1. The van der Waals surface area contributed by atoms with Crippen molar-refractivity contribution in [1.82, 2.24) is 9.90 Å². The molecule has 0 unspecified atom stereocenters. The van der Waals surface area contributed by atoms with E-state index < -0.39 is 4.92 Å². The van der Waals surface area contributed by atoms with Crippen LogP contribution in [0.25, 0.3) is 22.1 Å². The Morgan fingerprint density at radius 3 is 2.50 bits per heavy atom. The van der Waals surface area contributed by atoms with E-state index in [0.717, 1.165) is 0 Å². The van der Waals surface area contributed by atoms with E-state index in [1.165, 1.54) is 10.7 Å². The molecule has 0 aliphatic heterocycles. The van der Waals surface area contributed by atoms with Crippen molar-refractivity contribution in [2.75, 3.05) is 0 Å². The standard InChI is InChI=1S/C16H9ClN4O3/c17-10-5-7-11(8-6-10)19-16(22)15-9-14(21(23)24)12-3-1-2-4-13(12)20(15)18-19/h1-9H/p+1. The number of rotatable bonds is 2. The molecule has 2 aromatic heterocycles. The molecule has 1 N–H and O–H groups in total. The van der Waals surface area contributed by atoms with Gasteiger partial charge in [0.2, 0.25) is 0 Å². The summed E-state index contributed by atoms with van der Waals surface area (Å²) >= 11 is 5.87. The molecular weight excluding hydrogens is 332 g/mol. The zero-order chi connectivity index (χ0) is 16.8. The Balaban J connectivity index is 2.12. The van der Waals surface area contributed by atoms with Crippen molar-refractivity contribution in [3.63, 3.8) is 0 Å². The van der Waals surface area contributed by atoms with Gasteiger partial charge in [0, 0.05) is 5.02 Å². The van der Waals surface area contributed by atoms with Crippen LogP contribution < -0.4 is 10.1 Å². The molecule has 0 saturated heterocycles. The number of pyridine rings is 1. The molecule has 0 aliphatic rings. The van der Waals surface area contributed by atoms with Crippen LogP contribution in [0.5, 0.6) is 0 Å². The van der Waals surface area contributed by atoms with Crippen LogP contribution in [0.3, 0.4) is 0 Å². The number of aromatic nitrogens is 3. The summed E-state index contributed by atoms with van der Waals surface area (Å²) in [6.45, 7) is 0. The van der Waals surface area contributed by atoms with Gasteiger partial charge in [-0.2, -0.15) is 0 Å². The first-order chi connectivity index (χ1) is 11.6. The van der Waals surface area contributed by atoms with Gasteiger partial charge in [0.1, 0.15) is 5.39 Å². The van der Waals surface area contributed by atoms with Crippen molar-refractivity contribution < 1.29 is 9.44 Å². The predicted molar refractivity (Wildman–Crippen MR) is 88.7 cm³/mol. The highest BCUT2D eigenvalue weighted by molar-refractivity contribution is 6.30. The van der Waals surface area contributed by atoms with Gasteiger partial charge in [-0.3, -0.25) is 10.1 Å². The monoisotopic (exact) mass is 341 g/mol. The second-order valence-corrected chi connectivity index (χ2v) is 5.68. The Morgan fingerprint density at radius 2 is 1.79 bits per heavy atom. The summed E-state index contributed by atoms with van der Waals surface area (Å²) in [7, 11) is 0. The number of benzene rings is 2. The number of H-pyrrole nitrogens is 1. The van der Waals surface area contributed by atoms with Gasteiger partial charge >= 0.3 is 5.56 Å². The van der Waals surface area contributed by atoms with E-state index in [-0.39, 0.29) is 16.8 Å². The van der Waals surface area contributed by atoms with Crippen LogP contribution in [0, 0.1) is 10.1 Å². The topological polar surface area (TPSA) is 85.0 Å². The average Bonchev–Trinajstić information content (AvgIpc) is 2.92. The molecule has 4 rings (SSSR count). The number of fused-ring (bicyclic) bond motifs is 3. The summed E-state index contributed by atoms with van der Waals surface area (Å²) in [4.78, 5) is 23.5. The van der Waals surface area contributed by atoms with Gasteiger partial charge in [-0.1, -0.05) is 33.6 Å². The quantitative estimate of drug-likeness (QED) is 0.345. The van der Waals surface area contributed by atoms with Gasteiger partial charge in [-0.05, 0) is 36.4 Å². The van der Waals surface area contributed by atoms with Crippen LogP contribution in [-0.2, 0) is 0 Å². The smallest absolute Gasteiger partial charge is 0.258 e. The van der Waals surface area contributed by atoms with Gasteiger partial charge in [0.25, 0.3) is 11.2 Å². The second-order valence-electron chi connectivity index (χ2n) is 5.24. The summed E-state index contributed by atoms with van der Waals surface area (Å²) in [5.41, 5.74) is 0.831. The summed E-state index contributed by atoms with van der Waals surface area (Å²) in [5.74, 6) is 0. The Kier molecular flexibility index (Phi) is 3.10. The molecule has 0 aliphatic carbocycles. The van der Waals surface area contributed by atoms with Crippen molar-refractivity contribution in [3.8, 4) is 5.69 Å². The van der Waals surface area contributed by atoms with Crippen LogP contribution in [0.1, 0.15) is 0 Å². The maximum Gasteiger partial charge on any atom is 0.406 e. The molecule has 8 heteroatoms. The zero-order valence-corrected chi connectivity index (χ0v) is 12.9. The first kappa shape index (κ1) is 14.4. The first-order valence-corrected chi connectivity index (χ1v) is 7.43. The first-order valence-electron chi connectivity index (χ1n) is 7.05. The summed E-state index contributed by atoms with van der Waals surface area (Å²) in [5, 5.41) is 15.3. The molecule has 0 atom stereocenters. The fraction of sp³-hybridized carbons (Fsp3) is 0. The molecule has 118 valence electrons. The van der Waals surface area contributed by atoms with Crippen LogP contribution >= 0.6 is 11.6 Å². The number of nitrogens with one attached hydrogen (secondary N) is 1. The second kappa shape index (κ2) is 5.17. The van der Waals surface area contributed by atoms with E-state index in [1.54, 1.807) is 53.0 Å². The molecule has 7 nitrogen and oxygen atoms in total. The number of hydrogen-bond donors (Lipinski definition) is 1. The molecule has 0 amide bonds. The molecule has 2 aromatic carbocycles. The fourth-order valence-electron chi connectivity index (χ4n) is 2.73. The summed E-state index contributed by atoms with van der Waals surface area (Å²) in [6.07, 6.45) is 0. The average molecular weight is 342 g/mol. The highest BCUT2D eigenvalue weighted by Gasteiger charge is 2.25. The number of aromatic amines is 1. The zero-order valence-electron chi connectivity index (χ0n) is 12.1. The van der Waals surface area contributed by atoms with Crippen molar-refractivity contribution in [2.45, 2.75) is 0 Å². The van der Waals surface area contributed by atoms with Crippen LogP contribution in [0.2, 0.25) is 5.02 Å². The van der Waals surface area contributed by atoms with E-state index in [4.69, 9.17) is 11.6 Å². The number of para-hydroxylation sites is 1. The fourth-order valence-corrected chi connectivity index (χ4v) is 2.85. The predicted octanol–water partition coefficient (Wildman–Crippen LogP) is 2.62.